The molecule has 9 heteroatoms. The van der Waals surface area contributed by atoms with Gasteiger partial charge in [-0.2, -0.15) is 0 Å². The molecule has 2 N–H and O–H groups in total. The van der Waals surface area contributed by atoms with Gasteiger partial charge in [0.25, 0.3) is 0 Å². The smallest absolute Gasteiger partial charge is 0.340 e. The van der Waals surface area contributed by atoms with Gasteiger partial charge >= 0.3 is 5.97 Å². The van der Waals surface area contributed by atoms with Gasteiger partial charge in [-0.25, -0.2) is 14.5 Å². The Morgan fingerprint density at radius 2 is 2.38 bits per heavy atom. The highest BCUT2D eigenvalue weighted by Crippen LogP contribution is 2.38. The Morgan fingerprint density at radius 3 is 3.10 bits per heavy atom. The van der Waals surface area contributed by atoms with Crippen LogP contribution < -0.4 is 5.73 Å². The molecule has 0 spiro atoms. The predicted molar refractivity (Wildman–Crippen MR) is 74.8 cm³/mol. The van der Waals surface area contributed by atoms with E-state index in [4.69, 9.17) is 10.5 Å². The monoisotopic (exact) mass is 306 g/mol. The van der Waals surface area contributed by atoms with Crippen molar-refractivity contribution in [3.63, 3.8) is 0 Å². The summed E-state index contributed by atoms with van der Waals surface area (Å²) >= 11 is 1.25. The molecule has 1 saturated carbocycles. The summed E-state index contributed by atoms with van der Waals surface area (Å²) in [5.74, 6) is -0.457. The molecule has 1 aliphatic carbocycles. The van der Waals surface area contributed by atoms with Crippen LogP contribution in [0.5, 0.6) is 0 Å². The van der Waals surface area contributed by atoms with Gasteiger partial charge in [0, 0.05) is 6.20 Å². The number of hydrogen-bond donors (Lipinski definition) is 1. The van der Waals surface area contributed by atoms with Crippen molar-refractivity contribution in [2.75, 3.05) is 12.3 Å². The van der Waals surface area contributed by atoms with Crippen LogP contribution in [0.2, 0.25) is 0 Å². The highest BCUT2D eigenvalue weighted by Gasteiger charge is 2.28. The van der Waals surface area contributed by atoms with Crippen LogP contribution in [0.15, 0.2) is 22.4 Å². The fourth-order valence-corrected chi connectivity index (χ4v) is 2.67. The van der Waals surface area contributed by atoms with E-state index in [1.807, 2.05) is 0 Å². The molecule has 0 radical (unpaired) electrons. The van der Waals surface area contributed by atoms with Crippen molar-refractivity contribution in [3.8, 4) is 0 Å². The van der Waals surface area contributed by atoms with Crippen molar-refractivity contribution in [1.29, 1.82) is 0 Å². The van der Waals surface area contributed by atoms with E-state index in [2.05, 4.69) is 20.5 Å². The fraction of sp³-hybridized carbons (Fsp3) is 0.417. The zero-order valence-electron chi connectivity index (χ0n) is 11.4. The summed E-state index contributed by atoms with van der Waals surface area (Å²) in [5.41, 5.74) is 6.60. The molecule has 110 valence electrons. The zero-order chi connectivity index (χ0) is 14.8. The SMILES string of the molecule is CCOC(=O)c1ccnc(Sc2nnnn2C2CC2)c1N. The number of carbonyl (C=O) groups is 1. The van der Waals surface area contributed by atoms with Gasteiger partial charge in [-0.3, -0.25) is 0 Å². The third-order valence-electron chi connectivity index (χ3n) is 2.99. The third kappa shape index (κ3) is 2.82. The summed E-state index contributed by atoms with van der Waals surface area (Å²) < 4.78 is 6.74. The molecule has 0 bridgehead atoms. The van der Waals surface area contributed by atoms with Crippen LogP contribution in [0, 0.1) is 0 Å². The number of ether oxygens (including phenoxy) is 1. The Labute approximate surface area is 125 Å². The van der Waals surface area contributed by atoms with Crippen LogP contribution >= 0.6 is 11.8 Å². The molecule has 0 aromatic carbocycles. The van der Waals surface area contributed by atoms with Crippen LogP contribution in [0.3, 0.4) is 0 Å². The molecule has 0 saturated heterocycles. The summed E-state index contributed by atoms with van der Waals surface area (Å²) in [6, 6.07) is 1.90. The third-order valence-corrected chi connectivity index (χ3v) is 3.96. The average molecular weight is 306 g/mol. The van der Waals surface area contributed by atoms with E-state index in [0.29, 0.717) is 28.4 Å². The van der Waals surface area contributed by atoms with E-state index >= 15 is 0 Å². The number of rotatable bonds is 5. The van der Waals surface area contributed by atoms with Crippen LogP contribution in [0.25, 0.3) is 0 Å². The summed E-state index contributed by atoms with van der Waals surface area (Å²) in [6.45, 7) is 2.04. The van der Waals surface area contributed by atoms with E-state index in [0.717, 1.165) is 12.8 Å². The Kier molecular flexibility index (Phi) is 3.74. The number of carbonyl (C=O) groups excluding carboxylic acids is 1. The number of nitrogens with two attached hydrogens (primary N) is 1. The van der Waals surface area contributed by atoms with Gasteiger partial charge in [0.1, 0.15) is 5.03 Å². The van der Waals surface area contributed by atoms with Gasteiger partial charge in [-0.15, -0.1) is 5.10 Å². The second-order valence-electron chi connectivity index (χ2n) is 4.54. The lowest BCUT2D eigenvalue weighted by Crippen LogP contribution is -2.09. The number of nitrogens with zero attached hydrogens (tertiary/aromatic N) is 5. The second-order valence-corrected chi connectivity index (χ2v) is 5.49. The minimum atomic E-state index is -0.457. The lowest BCUT2D eigenvalue weighted by Gasteiger charge is -2.08. The molecule has 2 aromatic rings. The molecule has 2 aromatic heterocycles. The number of anilines is 1. The molecule has 1 aliphatic rings. The lowest BCUT2D eigenvalue weighted by atomic mass is 10.2. The van der Waals surface area contributed by atoms with Gasteiger partial charge in [-0.1, -0.05) is 0 Å². The molecular formula is C12H14N6O2S. The van der Waals surface area contributed by atoms with E-state index in [1.165, 1.54) is 18.0 Å². The molecule has 8 nitrogen and oxygen atoms in total. The van der Waals surface area contributed by atoms with Gasteiger partial charge < -0.3 is 10.5 Å². The van der Waals surface area contributed by atoms with Crippen molar-refractivity contribution >= 4 is 23.4 Å². The van der Waals surface area contributed by atoms with Crippen molar-refractivity contribution in [3.05, 3.63) is 17.8 Å². The fourth-order valence-electron chi connectivity index (χ4n) is 1.81. The average Bonchev–Trinajstić information content (AvgIpc) is 3.21. The van der Waals surface area contributed by atoms with Crippen molar-refractivity contribution in [2.45, 2.75) is 36.0 Å². The zero-order valence-corrected chi connectivity index (χ0v) is 12.2. The summed E-state index contributed by atoms with van der Waals surface area (Å²) in [5, 5.41) is 12.7. The first-order chi connectivity index (χ1) is 10.2. The van der Waals surface area contributed by atoms with Crippen LogP contribution in [-0.4, -0.2) is 37.8 Å². The molecule has 1 fully saturated rings. The number of tetrazole rings is 1. The molecule has 0 amide bonds. The minimum absolute atomic E-state index is 0.284. The van der Waals surface area contributed by atoms with Crippen LogP contribution in [0.4, 0.5) is 5.69 Å². The molecule has 2 heterocycles. The Hall–Kier alpha value is -2.16. The summed E-state index contributed by atoms with van der Waals surface area (Å²) in [4.78, 5) is 16.0. The normalized spacial score (nSPS) is 14.1. The van der Waals surface area contributed by atoms with Gasteiger partial charge in [0.15, 0.2) is 0 Å². The van der Waals surface area contributed by atoms with Gasteiger partial charge in [0.05, 0.1) is 23.9 Å². The molecule has 0 unspecified atom stereocenters. The van der Waals surface area contributed by atoms with Crippen molar-refractivity contribution in [1.82, 2.24) is 25.2 Å². The molecule has 0 atom stereocenters. The van der Waals surface area contributed by atoms with E-state index in [9.17, 15) is 4.79 Å². The highest BCUT2D eigenvalue weighted by molar-refractivity contribution is 7.99. The first kappa shape index (κ1) is 13.8. The van der Waals surface area contributed by atoms with Gasteiger partial charge in [-0.05, 0) is 48.0 Å². The maximum Gasteiger partial charge on any atom is 0.340 e. The highest BCUT2D eigenvalue weighted by atomic mass is 32.2. The van der Waals surface area contributed by atoms with Gasteiger partial charge in [0.2, 0.25) is 5.16 Å². The topological polar surface area (TPSA) is 109 Å². The van der Waals surface area contributed by atoms with Crippen molar-refractivity contribution < 1.29 is 9.53 Å². The van der Waals surface area contributed by atoms with Crippen LogP contribution in [0.1, 0.15) is 36.2 Å². The molecule has 3 rings (SSSR count). The standard InChI is InChI=1S/C12H14N6O2S/c1-2-20-11(19)8-5-6-14-10(9(8)13)21-12-15-16-17-18(12)7-3-4-7/h5-7H,2-4,13H2,1H3. The minimum Gasteiger partial charge on any atom is -0.462 e. The summed E-state index contributed by atoms with van der Waals surface area (Å²) in [7, 11) is 0. The van der Waals surface area contributed by atoms with E-state index in [-0.39, 0.29) is 5.69 Å². The summed E-state index contributed by atoms with van der Waals surface area (Å²) in [6.07, 6.45) is 3.67. The van der Waals surface area contributed by atoms with Crippen LogP contribution in [-0.2, 0) is 4.74 Å². The molecule has 0 aliphatic heterocycles. The molecule has 21 heavy (non-hydrogen) atoms. The number of aromatic nitrogens is 5. The molecular weight excluding hydrogens is 292 g/mol. The number of nitrogen functional groups attached to an aromatic ring is 1. The number of pyridine rings is 1. The Morgan fingerprint density at radius 1 is 1.57 bits per heavy atom. The second kappa shape index (κ2) is 5.68. The number of hydrogen-bond acceptors (Lipinski definition) is 8. The predicted octanol–water partition coefficient (Wildman–Crippen LogP) is 1.31. The maximum absolute atomic E-state index is 11.8. The van der Waals surface area contributed by atoms with E-state index < -0.39 is 5.97 Å². The lowest BCUT2D eigenvalue weighted by molar-refractivity contribution is 0.0527. The first-order valence-electron chi connectivity index (χ1n) is 6.58. The van der Waals surface area contributed by atoms with Crippen molar-refractivity contribution in [2.24, 2.45) is 0 Å². The first-order valence-corrected chi connectivity index (χ1v) is 7.39. The number of esters is 1. The Balaban J connectivity index is 1.87. The maximum atomic E-state index is 11.8. The largest absolute Gasteiger partial charge is 0.462 e. The Bertz CT molecular complexity index is 670. The van der Waals surface area contributed by atoms with E-state index in [1.54, 1.807) is 17.7 Å². The quantitative estimate of drug-likeness (QED) is 0.824.